The number of fused-ring (bicyclic) bond motifs is 1. The van der Waals surface area contributed by atoms with Crippen LogP contribution in [0.2, 0.25) is 10.0 Å². The van der Waals surface area contributed by atoms with Gasteiger partial charge in [-0.15, -0.1) is 0 Å². The summed E-state index contributed by atoms with van der Waals surface area (Å²) in [6, 6.07) is 3.65. The summed E-state index contributed by atoms with van der Waals surface area (Å²) < 4.78 is 12.9. The lowest BCUT2D eigenvalue weighted by molar-refractivity contribution is 0.216. The van der Waals surface area contributed by atoms with Gasteiger partial charge < -0.3 is 9.47 Å². The minimum Gasteiger partial charge on any atom is -0.493 e. The molecule has 2 heterocycles. The maximum absolute atomic E-state index is 6.18. The van der Waals surface area contributed by atoms with Crippen molar-refractivity contribution in [1.82, 2.24) is 14.2 Å². The van der Waals surface area contributed by atoms with Crippen LogP contribution in [0.4, 0.5) is 0 Å². The third-order valence-corrected chi connectivity index (χ3v) is 4.36. The van der Waals surface area contributed by atoms with Gasteiger partial charge in [-0.25, -0.2) is 4.09 Å². The number of rotatable bonds is 4. The maximum atomic E-state index is 6.18. The molecule has 0 bridgehead atoms. The van der Waals surface area contributed by atoms with Crippen LogP contribution in [-0.4, -0.2) is 21.3 Å². The van der Waals surface area contributed by atoms with Gasteiger partial charge in [-0.2, -0.15) is 5.10 Å². The Labute approximate surface area is 148 Å². The zero-order valence-corrected chi connectivity index (χ0v) is 14.7. The fraction of sp³-hybridized carbons (Fsp3) is 0.200. The molecule has 0 saturated carbocycles. The Balaban J connectivity index is 2.00. The van der Waals surface area contributed by atoms with Crippen LogP contribution < -0.4 is 9.47 Å². The Morgan fingerprint density at radius 2 is 1.83 bits per heavy atom. The zero-order valence-electron chi connectivity index (χ0n) is 12.3. The quantitative estimate of drug-likeness (QED) is 0.683. The highest BCUT2D eigenvalue weighted by Gasteiger charge is 2.18. The summed E-state index contributed by atoms with van der Waals surface area (Å²) in [7, 11) is 1.57. The Hall–Kier alpha value is -1.63. The molecule has 1 atom stereocenters. The van der Waals surface area contributed by atoms with Crippen LogP contribution in [0.25, 0.3) is 10.9 Å². The van der Waals surface area contributed by atoms with Gasteiger partial charge in [0.15, 0.2) is 11.5 Å². The van der Waals surface area contributed by atoms with E-state index >= 15 is 0 Å². The second kappa shape index (κ2) is 6.47. The summed E-state index contributed by atoms with van der Waals surface area (Å²) in [5.74, 6) is 1.14. The smallest absolute Gasteiger partial charge is 0.162 e. The normalized spacial score (nSPS) is 12.4. The third kappa shape index (κ3) is 3.06. The largest absolute Gasteiger partial charge is 0.493 e. The van der Waals surface area contributed by atoms with E-state index < -0.39 is 0 Å². The molecule has 3 rings (SSSR count). The highest BCUT2D eigenvalue weighted by Crippen LogP contribution is 2.38. The molecule has 0 saturated heterocycles. The number of thiol groups is 1. The first-order valence-corrected chi connectivity index (χ1v) is 7.87. The molecule has 8 heteroatoms. The molecule has 2 aromatic heterocycles. The lowest BCUT2D eigenvalue weighted by atomic mass is 10.1. The minimum absolute atomic E-state index is 0.379. The monoisotopic (exact) mass is 369 g/mol. The molecule has 0 radical (unpaired) electrons. The molecule has 0 aliphatic rings. The van der Waals surface area contributed by atoms with E-state index in [0.29, 0.717) is 27.1 Å². The first-order valence-electron chi connectivity index (χ1n) is 6.72. The average Bonchev–Trinajstić information content (AvgIpc) is 2.87. The number of benzene rings is 1. The lowest BCUT2D eigenvalue weighted by Crippen LogP contribution is -2.06. The molecule has 0 aliphatic carbocycles. The van der Waals surface area contributed by atoms with Crippen molar-refractivity contribution in [3.8, 4) is 11.5 Å². The van der Waals surface area contributed by atoms with Crippen molar-refractivity contribution in [2.75, 3.05) is 7.11 Å². The summed E-state index contributed by atoms with van der Waals surface area (Å²) in [6.45, 7) is 1.86. The zero-order chi connectivity index (χ0) is 16.6. The fourth-order valence-electron chi connectivity index (χ4n) is 2.33. The maximum Gasteiger partial charge on any atom is 0.162 e. The van der Waals surface area contributed by atoms with Crippen LogP contribution in [0.15, 0.2) is 30.7 Å². The van der Waals surface area contributed by atoms with Gasteiger partial charge in [-0.3, -0.25) is 4.98 Å². The first kappa shape index (κ1) is 16.2. The van der Waals surface area contributed by atoms with Crippen LogP contribution in [0.5, 0.6) is 11.5 Å². The summed E-state index contributed by atoms with van der Waals surface area (Å²) in [5, 5.41) is 5.89. The van der Waals surface area contributed by atoms with E-state index in [2.05, 4.69) is 22.9 Å². The van der Waals surface area contributed by atoms with Crippen LogP contribution in [0.1, 0.15) is 18.6 Å². The third-order valence-electron chi connectivity index (χ3n) is 3.44. The molecular formula is C15H13Cl2N3O2S. The summed E-state index contributed by atoms with van der Waals surface area (Å²) >= 11 is 16.6. The molecule has 1 aromatic carbocycles. The Kier molecular flexibility index (Phi) is 4.57. The van der Waals surface area contributed by atoms with Gasteiger partial charge in [0.2, 0.25) is 0 Å². The lowest BCUT2D eigenvalue weighted by Gasteiger charge is -2.19. The number of nitrogens with zero attached hydrogens (tertiary/aromatic N) is 3. The number of methoxy groups -OCH3 is 1. The van der Waals surface area contributed by atoms with Crippen LogP contribution in [0, 0.1) is 0 Å². The van der Waals surface area contributed by atoms with Crippen molar-refractivity contribution in [2.24, 2.45) is 0 Å². The highest BCUT2D eigenvalue weighted by atomic mass is 35.5. The second-order valence-corrected chi connectivity index (χ2v) is 6.07. The van der Waals surface area contributed by atoms with Crippen molar-refractivity contribution in [1.29, 1.82) is 0 Å². The topological polar surface area (TPSA) is 49.2 Å². The van der Waals surface area contributed by atoms with Gasteiger partial charge in [-0.05, 0) is 25.8 Å². The number of ether oxygens (including phenoxy) is 2. The van der Waals surface area contributed by atoms with E-state index in [1.54, 1.807) is 13.3 Å². The van der Waals surface area contributed by atoms with Gasteiger partial charge in [0, 0.05) is 29.4 Å². The molecule has 0 fully saturated rings. The van der Waals surface area contributed by atoms with Crippen molar-refractivity contribution >= 4 is 46.9 Å². The molecule has 0 spiro atoms. The Morgan fingerprint density at radius 3 is 2.48 bits per heavy atom. The Bertz CT molecular complexity index is 849. The van der Waals surface area contributed by atoms with E-state index in [0.717, 1.165) is 10.9 Å². The molecule has 0 amide bonds. The number of hydrogen-bond donors (Lipinski definition) is 1. The molecule has 23 heavy (non-hydrogen) atoms. The van der Waals surface area contributed by atoms with E-state index in [4.69, 9.17) is 32.7 Å². The van der Waals surface area contributed by atoms with E-state index in [-0.39, 0.29) is 6.10 Å². The number of halogens is 2. The second-order valence-electron chi connectivity index (χ2n) is 4.87. The number of aromatic nitrogens is 3. The van der Waals surface area contributed by atoms with Crippen molar-refractivity contribution in [3.63, 3.8) is 0 Å². The van der Waals surface area contributed by atoms with Crippen molar-refractivity contribution < 1.29 is 9.47 Å². The molecule has 0 unspecified atom stereocenters. The van der Waals surface area contributed by atoms with Gasteiger partial charge in [0.1, 0.15) is 6.10 Å². The summed E-state index contributed by atoms with van der Waals surface area (Å²) in [4.78, 5) is 3.95. The number of hydrogen-bond acceptors (Lipinski definition) is 5. The number of pyridine rings is 1. The van der Waals surface area contributed by atoms with Crippen LogP contribution in [-0.2, 0) is 0 Å². The standard InChI is InChI=1S/C15H13Cl2N3O2S/c1-8(15-10(16)6-18-7-11(15)17)22-14-3-9-5-19-20(23)12(9)4-13(14)21-2/h3-8,23H,1-2H3/t8-/m1/s1. The van der Waals surface area contributed by atoms with Crippen molar-refractivity contribution in [2.45, 2.75) is 13.0 Å². The first-order chi connectivity index (χ1) is 11.0. The predicted molar refractivity (Wildman–Crippen MR) is 94.0 cm³/mol. The molecule has 3 aromatic rings. The fourth-order valence-corrected chi connectivity index (χ4v) is 3.23. The van der Waals surface area contributed by atoms with Crippen LogP contribution >= 0.6 is 36.0 Å². The highest BCUT2D eigenvalue weighted by molar-refractivity contribution is 7.78. The van der Waals surface area contributed by atoms with Crippen molar-refractivity contribution in [3.05, 3.63) is 46.3 Å². The van der Waals surface area contributed by atoms with Crippen LogP contribution in [0.3, 0.4) is 0 Å². The summed E-state index contributed by atoms with van der Waals surface area (Å²) in [5.41, 5.74) is 1.50. The minimum atomic E-state index is -0.379. The molecular weight excluding hydrogens is 357 g/mol. The molecule has 5 nitrogen and oxygen atoms in total. The van der Waals surface area contributed by atoms with Gasteiger partial charge in [-0.1, -0.05) is 23.2 Å². The van der Waals surface area contributed by atoms with Gasteiger partial charge in [0.05, 0.1) is 28.9 Å². The van der Waals surface area contributed by atoms with Gasteiger partial charge in [0.25, 0.3) is 0 Å². The summed E-state index contributed by atoms with van der Waals surface area (Å²) in [6.07, 6.45) is 4.39. The Morgan fingerprint density at radius 1 is 1.13 bits per heavy atom. The van der Waals surface area contributed by atoms with E-state index in [1.165, 1.54) is 16.5 Å². The average molecular weight is 370 g/mol. The van der Waals surface area contributed by atoms with Gasteiger partial charge >= 0.3 is 0 Å². The molecule has 0 N–H and O–H groups in total. The van der Waals surface area contributed by atoms with E-state index in [1.807, 2.05) is 19.1 Å². The predicted octanol–water partition coefficient (Wildman–Crippen LogP) is 4.58. The van der Waals surface area contributed by atoms with E-state index in [9.17, 15) is 0 Å². The molecule has 0 aliphatic heterocycles. The SMILES string of the molecule is COc1cc2c(cnn2S)cc1O[C@H](C)c1c(Cl)cncc1Cl. The molecule has 120 valence electrons.